The van der Waals surface area contributed by atoms with Gasteiger partial charge in [0.1, 0.15) is 22.4 Å². The summed E-state index contributed by atoms with van der Waals surface area (Å²) in [5.41, 5.74) is -1.30. The van der Waals surface area contributed by atoms with Gasteiger partial charge in [-0.1, -0.05) is 0 Å². The Labute approximate surface area is 109 Å². The molecule has 0 aliphatic carbocycles. The Morgan fingerprint density at radius 1 is 1.67 bits per heavy atom. The molecule has 0 unspecified atom stereocenters. The molecule has 9 heteroatoms. The van der Waals surface area contributed by atoms with Gasteiger partial charge in [0, 0.05) is 12.3 Å². The number of hydrogen-bond donors (Lipinski definition) is 3. The van der Waals surface area contributed by atoms with Gasteiger partial charge in [0.15, 0.2) is 0 Å². The maximum absolute atomic E-state index is 11.7. The number of ether oxygens (including phenoxy) is 1. The molecular formula is C9H11BrN2O6. The Morgan fingerprint density at radius 3 is 2.89 bits per heavy atom. The predicted octanol–water partition coefficient (Wildman–Crippen LogP) is -1.38. The van der Waals surface area contributed by atoms with Crippen LogP contribution < -0.4 is 11.2 Å². The third-order valence-corrected chi connectivity index (χ3v) is 3.23. The Balaban J connectivity index is 2.46. The van der Waals surface area contributed by atoms with Crippen molar-refractivity contribution in [3.05, 3.63) is 33.1 Å². The van der Waals surface area contributed by atoms with E-state index < -0.39 is 36.0 Å². The highest BCUT2D eigenvalue weighted by atomic mass is 79.9. The summed E-state index contributed by atoms with van der Waals surface area (Å²) in [6.45, 7) is -0.419. The van der Waals surface area contributed by atoms with E-state index in [4.69, 9.17) is 13.7 Å². The van der Waals surface area contributed by atoms with E-state index in [1.807, 2.05) is 4.98 Å². The predicted molar refractivity (Wildman–Crippen MR) is 61.9 cm³/mol. The van der Waals surface area contributed by atoms with Gasteiger partial charge in [-0.3, -0.25) is 13.6 Å². The first-order valence-corrected chi connectivity index (χ1v) is 5.76. The number of aromatic nitrogens is 2. The summed E-state index contributed by atoms with van der Waals surface area (Å²) in [6.07, 6.45) is -0.752. The van der Waals surface area contributed by atoms with E-state index in [-0.39, 0.29) is 6.42 Å². The molecule has 2 heterocycles. The number of H-pyrrole nitrogens is 1. The Morgan fingerprint density at radius 2 is 2.39 bits per heavy atom. The number of aliphatic hydroxyl groups excluding tert-OH is 2. The highest BCUT2D eigenvalue weighted by Crippen LogP contribution is 2.36. The van der Waals surface area contributed by atoms with Gasteiger partial charge in [-0.25, -0.2) is 9.36 Å². The van der Waals surface area contributed by atoms with Crippen LogP contribution in [0, 0.1) is 0 Å². The average molecular weight is 323 g/mol. The minimum Gasteiger partial charge on any atom is -0.394 e. The van der Waals surface area contributed by atoms with Crippen LogP contribution in [0.25, 0.3) is 0 Å². The van der Waals surface area contributed by atoms with Crippen LogP contribution in [0.2, 0.25) is 0 Å². The van der Waals surface area contributed by atoms with Crippen molar-refractivity contribution in [2.24, 2.45) is 0 Å². The third kappa shape index (κ3) is 2.15. The van der Waals surface area contributed by atoms with Crippen LogP contribution in [-0.4, -0.2) is 38.6 Å². The number of aliphatic hydroxyl groups is 2. The van der Waals surface area contributed by atoms with Crippen LogP contribution in [0.15, 0.2) is 21.9 Å². The monoisotopic (exact) mass is 322 g/mol. The van der Waals surface area contributed by atoms with Gasteiger partial charge in [-0.15, -0.1) is 0 Å². The minimum absolute atomic E-state index is 0.0740. The fraction of sp³-hybridized carbons (Fsp3) is 0.556. The van der Waals surface area contributed by atoms with Crippen LogP contribution in [0.1, 0.15) is 6.42 Å². The Hall–Kier alpha value is -1.00. The average Bonchev–Trinajstić information content (AvgIpc) is 2.67. The molecule has 0 aromatic carbocycles. The first-order valence-electron chi connectivity index (χ1n) is 5.11. The van der Waals surface area contributed by atoms with Crippen LogP contribution in [0.5, 0.6) is 0 Å². The second-order valence-corrected chi connectivity index (χ2v) is 4.20. The van der Waals surface area contributed by atoms with E-state index in [1.54, 1.807) is 0 Å². The summed E-state index contributed by atoms with van der Waals surface area (Å²) in [4.78, 5) is 24.7. The zero-order valence-corrected chi connectivity index (χ0v) is 10.7. The lowest BCUT2D eigenvalue weighted by atomic mass is 10.2. The van der Waals surface area contributed by atoms with Crippen molar-refractivity contribution in [1.82, 2.24) is 9.55 Å². The summed E-state index contributed by atoms with van der Waals surface area (Å²) in [7, 11) is 0. The normalized spacial score (nSPS) is 31.7. The molecule has 1 fully saturated rings. The van der Waals surface area contributed by atoms with Gasteiger partial charge < -0.3 is 14.9 Å². The molecule has 8 nitrogen and oxygen atoms in total. The van der Waals surface area contributed by atoms with Crippen molar-refractivity contribution in [3.8, 4) is 0 Å². The van der Waals surface area contributed by atoms with E-state index in [2.05, 4.69) is 16.3 Å². The van der Waals surface area contributed by atoms with Crippen molar-refractivity contribution in [2.45, 2.75) is 24.5 Å². The molecule has 0 saturated carbocycles. The molecule has 18 heavy (non-hydrogen) atoms. The van der Waals surface area contributed by atoms with Gasteiger partial charge >= 0.3 is 5.69 Å². The number of aromatic amines is 1. The highest BCUT2D eigenvalue weighted by Gasteiger charge is 2.49. The smallest absolute Gasteiger partial charge is 0.332 e. The maximum Gasteiger partial charge on any atom is 0.332 e. The van der Waals surface area contributed by atoms with Crippen molar-refractivity contribution in [2.75, 3.05) is 6.61 Å². The van der Waals surface area contributed by atoms with Crippen LogP contribution >= 0.6 is 16.3 Å². The molecule has 3 N–H and O–H groups in total. The second kappa shape index (κ2) is 4.94. The molecule has 0 spiro atoms. The van der Waals surface area contributed by atoms with E-state index >= 15 is 0 Å². The van der Waals surface area contributed by atoms with Crippen molar-refractivity contribution in [1.29, 1.82) is 0 Å². The first kappa shape index (κ1) is 13.4. The number of nitrogens with zero attached hydrogens (tertiary/aromatic N) is 1. The lowest BCUT2D eigenvalue weighted by Crippen LogP contribution is -2.44. The van der Waals surface area contributed by atoms with Crippen molar-refractivity contribution >= 4 is 16.3 Å². The Bertz CT molecular complexity index is 542. The van der Waals surface area contributed by atoms with Gasteiger partial charge in [0.05, 0.1) is 19.1 Å². The van der Waals surface area contributed by atoms with Crippen LogP contribution in [0.3, 0.4) is 0 Å². The lowest BCUT2D eigenvalue weighted by Gasteiger charge is -2.27. The number of nitrogens with one attached hydrogen (secondary N) is 1. The van der Waals surface area contributed by atoms with E-state index in [0.29, 0.717) is 0 Å². The van der Waals surface area contributed by atoms with E-state index in [9.17, 15) is 14.7 Å². The molecule has 1 aromatic heterocycles. The Kier molecular flexibility index (Phi) is 3.69. The first-order chi connectivity index (χ1) is 8.52. The number of rotatable bonds is 3. The molecule has 2 rings (SSSR count). The van der Waals surface area contributed by atoms with Gasteiger partial charge in [-0.2, -0.15) is 0 Å². The van der Waals surface area contributed by atoms with Crippen LogP contribution in [0.4, 0.5) is 0 Å². The zero-order valence-electron chi connectivity index (χ0n) is 9.08. The van der Waals surface area contributed by atoms with Crippen molar-refractivity contribution in [3.63, 3.8) is 0 Å². The van der Waals surface area contributed by atoms with Crippen molar-refractivity contribution < 1.29 is 18.8 Å². The molecule has 100 valence electrons. The SMILES string of the molecule is O=c1ccn([C@@]2(OBr)C[C@H](O)[C@@H](CO)O2)c(=O)[nH]1. The summed E-state index contributed by atoms with van der Waals surface area (Å²) in [6, 6.07) is 1.12. The summed E-state index contributed by atoms with van der Waals surface area (Å²) in [5, 5.41) is 18.7. The highest BCUT2D eigenvalue weighted by molar-refractivity contribution is 9.06. The molecule has 0 radical (unpaired) electrons. The fourth-order valence-corrected chi connectivity index (χ4v) is 2.21. The summed E-state index contributed by atoms with van der Waals surface area (Å²) < 4.78 is 11.3. The topological polar surface area (TPSA) is 114 Å². The molecular weight excluding hydrogens is 312 g/mol. The lowest BCUT2D eigenvalue weighted by molar-refractivity contribution is -0.227. The van der Waals surface area contributed by atoms with Gasteiger partial charge in [0.25, 0.3) is 11.5 Å². The van der Waals surface area contributed by atoms with Gasteiger partial charge in [0.2, 0.25) is 0 Å². The molecule has 1 aliphatic heterocycles. The van der Waals surface area contributed by atoms with Gasteiger partial charge in [-0.05, 0) is 0 Å². The number of hydrogen-bond acceptors (Lipinski definition) is 6. The number of halogens is 1. The zero-order chi connectivity index (χ0) is 13.3. The standard InChI is InChI=1S/C9H11BrN2O6/c10-18-9(3-5(14)6(4-13)17-9)12-2-1-7(15)11-8(12)16/h1-2,5-6,13-14H,3-4H2,(H,11,15,16)/t5-,6+,9-/m0/s1. The molecule has 1 aliphatic rings. The molecule has 1 aromatic rings. The summed E-state index contributed by atoms with van der Waals surface area (Å²) >= 11 is 2.74. The van der Waals surface area contributed by atoms with E-state index in [0.717, 1.165) is 10.6 Å². The summed E-state index contributed by atoms with van der Waals surface area (Å²) in [5.74, 6) is -1.60. The molecule has 0 bridgehead atoms. The molecule has 1 saturated heterocycles. The molecule has 3 atom stereocenters. The van der Waals surface area contributed by atoms with Crippen LogP contribution in [-0.2, 0) is 14.5 Å². The quantitative estimate of drug-likeness (QED) is 0.631. The largest absolute Gasteiger partial charge is 0.394 e. The third-order valence-electron chi connectivity index (χ3n) is 2.72. The van der Waals surface area contributed by atoms with E-state index in [1.165, 1.54) is 6.20 Å². The minimum atomic E-state index is -1.60. The maximum atomic E-state index is 11.7. The second-order valence-electron chi connectivity index (χ2n) is 3.88. The fourth-order valence-electron chi connectivity index (χ4n) is 1.85. The molecule has 0 amide bonds.